The fraction of sp³-hybridized carbons (Fsp3) is 0. The molecule has 18 heavy (non-hydrogen) atoms. The van der Waals surface area contributed by atoms with Crippen LogP contribution in [0.25, 0.3) is 0 Å². The van der Waals surface area contributed by atoms with Gasteiger partial charge in [0.1, 0.15) is 5.03 Å². The van der Waals surface area contributed by atoms with Crippen molar-refractivity contribution < 1.29 is 9.90 Å². The normalized spacial score (nSPS) is 10.3. The molecule has 7 heteroatoms. The summed E-state index contributed by atoms with van der Waals surface area (Å²) in [6.45, 7) is 0. The highest BCUT2D eigenvalue weighted by Gasteiger charge is 2.13. The number of benzene rings is 1. The first kappa shape index (κ1) is 13.1. The predicted molar refractivity (Wildman–Crippen MR) is 69.6 cm³/mol. The lowest BCUT2D eigenvalue weighted by molar-refractivity contribution is 0.0692. The predicted octanol–water partition coefficient (Wildman–Crippen LogP) is 3.63. The number of nitrogens with zero attached hydrogens (tertiary/aromatic N) is 2. The average Bonchev–Trinajstić information content (AvgIpc) is 2.27. The zero-order valence-electron chi connectivity index (χ0n) is 8.80. The van der Waals surface area contributed by atoms with E-state index < -0.39 is 5.97 Å². The molecule has 2 rings (SSSR count). The molecule has 0 aliphatic carbocycles. The van der Waals surface area contributed by atoms with Crippen LogP contribution in [-0.4, -0.2) is 21.3 Å². The van der Waals surface area contributed by atoms with Crippen LogP contribution in [0.5, 0.6) is 0 Å². The highest BCUT2D eigenvalue weighted by molar-refractivity contribution is 7.99. The van der Waals surface area contributed by atoms with E-state index in [1.165, 1.54) is 12.3 Å². The fourth-order valence-electron chi connectivity index (χ4n) is 1.26. The number of rotatable bonds is 3. The first-order valence-electron chi connectivity index (χ1n) is 4.75. The molecule has 2 aromatic rings. The van der Waals surface area contributed by atoms with Gasteiger partial charge in [0.15, 0.2) is 0 Å². The van der Waals surface area contributed by atoms with E-state index in [1.54, 1.807) is 18.2 Å². The third-order valence-electron chi connectivity index (χ3n) is 1.97. The van der Waals surface area contributed by atoms with E-state index in [-0.39, 0.29) is 5.56 Å². The van der Waals surface area contributed by atoms with Crippen LogP contribution in [0, 0.1) is 0 Å². The van der Waals surface area contributed by atoms with E-state index in [0.717, 1.165) is 11.8 Å². The van der Waals surface area contributed by atoms with Gasteiger partial charge < -0.3 is 5.11 Å². The molecule has 1 N–H and O–H groups in total. The summed E-state index contributed by atoms with van der Waals surface area (Å²) >= 11 is 12.9. The van der Waals surface area contributed by atoms with Crippen molar-refractivity contribution >= 4 is 40.9 Å². The number of carboxylic acids is 1. The van der Waals surface area contributed by atoms with Crippen LogP contribution in [0.1, 0.15) is 10.4 Å². The number of hydrogen-bond acceptors (Lipinski definition) is 4. The molecule has 1 aromatic carbocycles. The minimum Gasteiger partial charge on any atom is -0.478 e. The monoisotopic (exact) mass is 300 g/mol. The molecule has 0 saturated carbocycles. The highest BCUT2D eigenvalue weighted by atomic mass is 35.5. The second-order valence-electron chi connectivity index (χ2n) is 3.26. The van der Waals surface area contributed by atoms with Crippen LogP contribution < -0.4 is 0 Å². The van der Waals surface area contributed by atoms with Crippen molar-refractivity contribution in [3.63, 3.8) is 0 Å². The molecule has 0 bridgehead atoms. The van der Waals surface area contributed by atoms with Gasteiger partial charge in [-0.1, -0.05) is 35.0 Å². The minimum absolute atomic E-state index is 0.0890. The Morgan fingerprint density at radius 3 is 2.50 bits per heavy atom. The molecule has 92 valence electrons. The van der Waals surface area contributed by atoms with Crippen LogP contribution in [0.2, 0.25) is 10.0 Å². The van der Waals surface area contributed by atoms with Gasteiger partial charge in [-0.15, -0.1) is 5.10 Å². The summed E-state index contributed by atoms with van der Waals surface area (Å²) < 4.78 is 0. The number of aromatic carboxylic acids is 1. The van der Waals surface area contributed by atoms with E-state index in [0.29, 0.717) is 20.0 Å². The van der Waals surface area contributed by atoms with Gasteiger partial charge in [-0.3, -0.25) is 0 Å². The SMILES string of the molecule is O=C(O)c1ccnnc1Sc1cc(Cl)cc(Cl)c1. The molecular formula is C11H6Cl2N2O2S. The first-order valence-corrected chi connectivity index (χ1v) is 6.32. The van der Waals surface area contributed by atoms with E-state index in [2.05, 4.69) is 10.2 Å². The van der Waals surface area contributed by atoms with E-state index >= 15 is 0 Å². The summed E-state index contributed by atoms with van der Waals surface area (Å²) in [6, 6.07) is 6.35. The van der Waals surface area contributed by atoms with Gasteiger partial charge in [0.2, 0.25) is 0 Å². The van der Waals surface area contributed by atoms with Crippen LogP contribution in [-0.2, 0) is 0 Å². The Morgan fingerprint density at radius 2 is 1.89 bits per heavy atom. The molecule has 0 spiro atoms. The van der Waals surface area contributed by atoms with Gasteiger partial charge in [-0.25, -0.2) is 4.79 Å². The molecule has 0 radical (unpaired) electrons. The molecular weight excluding hydrogens is 295 g/mol. The zero-order valence-corrected chi connectivity index (χ0v) is 11.1. The Bertz CT molecular complexity index is 587. The van der Waals surface area contributed by atoms with Gasteiger partial charge in [0.25, 0.3) is 0 Å². The lowest BCUT2D eigenvalue weighted by Crippen LogP contribution is -2.01. The summed E-state index contributed by atoms with van der Waals surface area (Å²) in [6.07, 6.45) is 1.33. The van der Waals surface area contributed by atoms with Crippen LogP contribution in [0.15, 0.2) is 40.4 Å². The summed E-state index contributed by atoms with van der Waals surface area (Å²) in [5.74, 6) is -1.06. The average molecular weight is 301 g/mol. The Balaban J connectivity index is 2.37. The fourth-order valence-corrected chi connectivity index (χ4v) is 2.86. The molecule has 0 aliphatic rings. The number of aromatic nitrogens is 2. The molecule has 1 aromatic heterocycles. The molecule has 4 nitrogen and oxygen atoms in total. The van der Waals surface area contributed by atoms with Crippen LogP contribution in [0.4, 0.5) is 0 Å². The molecule has 0 unspecified atom stereocenters. The smallest absolute Gasteiger partial charge is 0.338 e. The second kappa shape index (κ2) is 5.56. The summed E-state index contributed by atoms with van der Waals surface area (Å²) in [5, 5.41) is 17.7. The molecule has 0 atom stereocenters. The Hall–Kier alpha value is -1.30. The Labute approximate surface area is 117 Å². The lowest BCUT2D eigenvalue weighted by Gasteiger charge is -2.04. The standard InChI is InChI=1S/C11H6Cl2N2O2S/c12-6-3-7(13)5-8(4-6)18-10-9(11(16)17)1-2-14-15-10/h1-5H,(H,16,17). The van der Waals surface area contributed by atoms with E-state index in [1.807, 2.05) is 0 Å². The lowest BCUT2D eigenvalue weighted by atomic mass is 10.3. The van der Waals surface area contributed by atoms with Crippen molar-refractivity contribution in [3.8, 4) is 0 Å². The van der Waals surface area contributed by atoms with Crippen molar-refractivity contribution in [2.75, 3.05) is 0 Å². The largest absolute Gasteiger partial charge is 0.478 e. The summed E-state index contributed by atoms with van der Waals surface area (Å²) in [5.41, 5.74) is 0.0890. The highest BCUT2D eigenvalue weighted by Crippen LogP contribution is 2.32. The summed E-state index contributed by atoms with van der Waals surface area (Å²) in [7, 11) is 0. The molecule has 0 saturated heterocycles. The number of hydrogen-bond donors (Lipinski definition) is 1. The van der Waals surface area contributed by atoms with Crippen molar-refractivity contribution in [1.82, 2.24) is 10.2 Å². The zero-order chi connectivity index (χ0) is 13.1. The second-order valence-corrected chi connectivity index (χ2v) is 5.20. The maximum absolute atomic E-state index is 11.0. The summed E-state index contributed by atoms with van der Waals surface area (Å²) in [4.78, 5) is 11.7. The quantitative estimate of drug-likeness (QED) is 0.937. The number of carboxylic acid groups (broad SMARTS) is 1. The van der Waals surface area contributed by atoms with E-state index in [4.69, 9.17) is 28.3 Å². The van der Waals surface area contributed by atoms with Gasteiger partial charge in [0.05, 0.1) is 11.8 Å². The molecule has 0 aliphatic heterocycles. The maximum atomic E-state index is 11.0. The van der Waals surface area contributed by atoms with Gasteiger partial charge in [-0.05, 0) is 24.3 Å². The maximum Gasteiger partial charge on any atom is 0.338 e. The van der Waals surface area contributed by atoms with Crippen molar-refractivity contribution in [2.45, 2.75) is 9.92 Å². The Kier molecular flexibility index (Phi) is 4.06. The molecule has 1 heterocycles. The minimum atomic E-state index is -1.06. The third kappa shape index (κ3) is 3.13. The van der Waals surface area contributed by atoms with Gasteiger partial charge >= 0.3 is 5.97 Å². The number of carbonyl (C=O) groups is 1. The number of halogens is 2. The van der Waals surface area contributed by atoms with Crippen molar-refractivity contribution in [3.05, 3.63) is 46.1 Å². The third-order valence-corrected chi connectivity index (χ3v) is 3.37. The Morgan fingerprint density at radius 1 is 1.22 bits per heavy atom. The van der Waals surface area contributed by atoms with E-state index in [9.17, 15) is 4.79 Å². The molecule has 0 amide bonds. The van der Waals surface area contributed by atoms with Gasteiger partial charge in [0, 0.05) is 14.9 Å². The topological polar surface area (TPSA) is 63.1 Å². The van der Waals surface area contributed by atoms with Crippen molar-refractivity contribution in [2.24, 2.45) is 0 Å². The van der Waals surface area contributed by atoms with Crippen LogP contribution in [0.3, 0.4) is 0 Å². The van der Waals surface area contributed by atoms with Crippen LogP contribution >= 0.6 is 35.0 Å². The molecule has 0 fully saturated rings. The van der Waals surface area contributed by atoms with Crippen molar-refractivity contribution in [1.29, 1.82) is 0 Å². The first-order chi connectivity index (χ1) is 8.56. The van der Waals surface area contributed by atoms with Gasteiger partial charge in [-0.2, -0.15) is 5.10 Å².